The standard InChI is InChI=1S/C24H33N3O2/c1-5-6-7-18-8-10-19(11-9-18)22(16(2)3)26-17(4)24(29)27-21-14-12-20(13-15-21)23(25)28/h8-17,22,26H,5-7H2,1-4H3,(H2,25,28)(H,27,29)/t17-,22-/m1/s1. The quantitative estimate of drug-likeness (QED) is 0.556. The summed E-state index contributed by atoms with van der Waals surface area (Å²) in [6, 6.07) is 15.0. The molecule has 0 saturated heterocycles. The van der Waals surface area contributed by atoms with E-state index in [2.05, 4.69) is 55.7 Å². The predicted molar refractivity (Wildman–Crippen MR) is 119 cm³/mol. The van der Waals surface area contributed by atoms with Crippen molar-refractivity contribution in [2.75, 3.05) is 5.32 Å². The van der Waals surface area contributed by atoms with Crippen LogP contribution in [0.25, 0.3) is 0 Å². The molecule has 0 aromatic heterocycles. The van der Waals surface area contributed by atoms with Gasteiger partial charge in [0.2, 0.25) is 11.8 Å². The van der Waals surface area contributed by atoms with E-state index in [-0.39, 0.29) is 18.0 Å². The maximum atomic E-state index is 12.6. The lowest BCUT2D eigenvalue weighted by molar-refractivity contribution is -0.118. The van der Waals surface area contributed by atoms with Gasteiger partial charge < -0.3 is 11.1 Å². The molecule has 2 atom stereocenters. The Morgan fingerprint density at radius 1 is 0.966 bits per heavy atom. The van der Waals surface area contributed by atoms with Crippen LogP contribution >= 0.6 is 0 Å². The van der Waals surface area contributed by atoms with Crippen LogP contribution in [-0.4, -0.2) is 17.9 Å². The van der Waals surface area contributed by atoms with Gasteiger partial charge in [-0.25, -0.2) is 0 Å². The Morgan fingerprint density at radius 2 is 1.59 bits per heavy atom. The highest BCUT2D eigenvalue weighted by Crippen LogP contribution is 2.23. The monoisotopic (exact) mass is 395 g/mol. The lowest BCUT2D eigenvalue weighted by atomic mass is 9.93. The molecule has 0 aliphatic rings. The number of benzene rings is 2. The van der Waals surface area contributed by atoms with E-state index in [1.54, 1.807) is 24.3 Å². The number of hydrogen-bond donors (Lipinski definition) is 3. The van der Waals surface area contributed by atoms with Crippen LogP contribution in [0.15, 0.2) is 48.5 Å². The molecule has 0 spiro atoms. The van der Waals surface area contributed by atoms with Gasteiger partial charge in [0.05, 0.1) is 6.04 Å². The van der Waals surface area contributed by atoms with Crippen LogP contribution in [0.1, 0.15) is 68.1 Å². The van der Waals surface area contributed by atoms with Crippen LogP contribution in [0.4, 0.5) is 5.69 Å². The second-order valence-corrected chi connectivity index (χ2v) is 7.89. The van der Waals surface area contributed by atoms with E-state index in [1.807, 2.05) is 6.92 Å². The Balaban J connectivity index is 2.01. The fourth-order valence-corrected chi connectivity index (χ4v) is 3.26. The first-order chi connectivity index (χ1) is 13.8. The number of unbranched alkanes of at least 4 members (excludes halogenated alkanes) is 1. The SMILES string of the molecule is CCCCc1ccc([C@H](N[C@H](C)C(=O)Nc2ccc(C(N)=O)cc2)C(C)C)cc1. The van der Waals surface area contributed by atoms with Gasteiger partial charge in [-0.2, -0.15) is 0 Å². The summed E-state index contributed by atoms with van der Waals surface area (Å²) in [5.74, 6) is -0.276. The summed E-state index contributed by atoms with van der Waals surface area (Å²) in [6.45, 7) is 8.36. The number of aryl methyl sites for hydroxylation is 1. The summed E-state index contributed by atoms with van der Waals surface area (Å²) in [6.07, 6.45) is 3.49. The lowest BCUT2D eigenvalue weighted by Gasteiger charge is -2.27. The molecule has 0 fully saturated rings. The maximum absolute atomic E-state index is 12.6. The van der Waals surface area contributed by atoms with Gasteiger partial charge in [0, 0.05) is 17.3 Å². The molecule has 0 radical (unpaired) electrons. The van der Waals surface area contributed by atoms with Crippen molar-refractivity contribution < 1.29 is 9.59 Å². The number of hydrogen-bond acceptors (Lipinski definition) is 3. The second-order valence-electron chi connectivity index (χ2n) is 7.89. The Labute approximate surface area is 174 Å². The highest BCUT2D eigenvalue weighted by Gasteiger charge is 2.22. The van der Waals surface area contributed by atoms with Gasteiger partial charge in [-0.15, -0.1) is 0 Å². The summed E-state index contributed by atoms with van der Waals surface area (Å²) in [7, 11) is 0. The van der Waals surface area contributed by atoms with Crippen molar-refractivity contribution in [2.45, 2.75) is 59.0 Å². The Bertz CT molecular complexity index is 798. The third-order valence-electron chi connectivity index (χ3n) is 5.08. The van der Waals surface area contributed by atoms with Crippen LogP contribution in [0.5, 0.6) is 0 Å². The van der Waals surface area contributed by atoms with Gasteiger partial charge in [-0.1, -0.05) is 51.5 Å². The van der Waals surface area contributed by atoms with Crippen molar-refractivity contribution >= 4 is 17.5 Å². The minimum atomic E-state index is -0.488. The molecule has 2 aromatic rings. The molecule has 0 aliphatic heterocycles. The Morgan fingerprint density at radius 3 is 2.10 bits per heavy atom. The molecule has 0 unspecified atom stereocenters. The zero-order chi connectivity index (χ0) is 21.4. The fraction of sp³-hybridized carbons (Fsp3) is 0.417. The van der Waals surface area contributed by atoms with Gasteiger partial charge >= 0.3 is 0 Å². The molecule has 2 aromatic carbocycles. The van der Waals surface area contributed by atoms with Crippen LogP contribution in [0.3, 0.4) is 0 Å². The molecular formula is C24H33N3O2. The number of amides is 2. The van der Waals surface area contributed by atoms with Crippen LogP contribution in [0, 0.1) is 5.92 Å². The molecule has 0 heterocycles. The van der Waals surface area contributed by atoms with E-state index in [9.17, 15) is 9.59 Å². The average Bonchev–Trinajstić information content (AvgIpc) is 2.70. The second kappa shape index (κ2) is 10.8. The van der Waals surface area contributed by atoms with Crippen LogP contribution in [0.2, 0.25) is 0 Å². The van der Waals surface area contributed by atoms with E-state index in [1.165, 1.54) is 24.0 Å². The molecule has 29 heavy (non-hydrogen) atoms. The van der Waals surface area contributed by atoms with Gasteiger partial charge in [0.15, 0.2) is 0 Å². The minimum Gasteiger partial charge on any atom is -0.366 e. The Kier molecular flexibility index (Phi) is 8.40. The molecule has 5 heteroatoms. The van der Waals surface area contributed by atoms with Crippen molar-refractivity contribution in [3.05, 3.63) is 65.2 Å². The number of nitrogens with two attached hydrogens (primary N) is 1. The summed E-state index contributed by atoms with van der Waals surface area (Å²) in [5.41, 5.74) is 8.83. The first-order valence-corrected chi connectivity index (χ1v) is 10.4. The van der Waals surface area contributed by atoms with Gasteiger partial charge in [-0.3, -0.25) is 14.9 Å². The van der Waals surface area contributed by atoms with E-state index in [0.717, 1.165) is 6.42 Å². The molecule has 0 saturated carbocycles. The molecule has 2 rings (SSSR count). The molecule has 5 nitrogen and oxygen atoms in total. The Hall–Kier alpha value is -2.66. The smallest absolute Gasteiger partial charge is 0.248 e. The van der Waals surface area contributed by atoms with E-state index >= 15 is 0 Å². The zero-order valence-electron chi connectivity index (χ0n) is 17.9. The topological polar surface area (TPSA) is 84.2 Å². The number of primary amides is 1. The van der Waals surface area contributed by atoms with Crippen molar-refractivity contribution in [1.29, 1.82) is 0 Å². The number of anilines is 1. The number of carbonyl (C=O) groups excluding carboxylic acids is 2. The first kappa shape index (κ1) is 22.6. The van der Waals surface area contributed by atoms with Crippen LogP contribution in [-0.2, 0) is 11.2 Å². The molecule has 0 bridgehead atoms. The normalized spacial score (nSPS) is 13.1. The zero-order valence-corrected chi connectivity index (χ0v) is 17.9. The van der Waals surface area contributed by atoms with Crippen molar-refractivity contribution in [1.82, 2.24) is 5.32 Å². The molecule has 0 aliphatic carbocycles. The van der Waals surface area contributed by atoms with E-state index < -0.39 is 5.91 Å². The third-order valence-corrected chi connectivity index (χ3v) is 5.08. The fourth-order valence-electron chi connectivity index (χ4n) is 3.26. The molecule has 156 valence electrons. The summed E-state index contributed by atoms with van der Waals surface area (Å²) in [4.78, 5) is 23.8. The van der Waals surface area contributed by atoms with Gasteiger partial charge in [0.1, 0.15) is 0 Å². The number of nitrogens with one attached hydrogen (secondary N) is 2. The number of rotatable bonds is 10. The highest BCUT2D eigenvalue weighted by molar-refractivity contribution is 5.96. The highest BCUT2D eigenvalue weighted by atomic mass is 16.2. The summed E-state index contributed by atoms with van der Waals surface area (Å²) in [5, 5.41) is 6.34. The van der Waals surface area contributed by atoms with E-state index in [4.69, 9.17) is 5.73 Å². The largest absolute Gasteiger partial charge is 0.366 e. The first-order valence-electron chi connectivity index (χ1n) is 10.4. The molecule has 4 N–H and O–H groups in total. The maximum Gasteiger partial charge on any atom is 0.248 e. The summed E-state index contributed by atoms with van der Waals surface area (Å²) >= 11 is 0. The van der Waals surface area contributed by atoms with Crippen molar-refractivity contribution in [3.8, 4) is 0 Å². The summed E-state index contributed by atoms with van der Waals surface area (Å²) < 4.78 is 0. The van der Waals surface area contributed by atoms with Crippen molar-refractivity contribution in [3.63, 3.8) is 0 Å². The molecule has 2 amide bonds. The van der Waals surface area contributed by atoms with E-state index in [0.29, 0.717) is 17.2 Å². The minimum absolute atomic E-state index is 0.0770. The van der Waals surface area contributed by atoms with Crippen LogP contribution < -0.4 is 16.4 Å². The number of carbonyl (C=O) groups is 2. The van der Waals surface area contributed by atoms with Crippen molar-refractivity contribution in [2.24, 2.45) is 11.7 Å². The van der Waals surface area contributed by atoms with Gasteiger partial charge in [0.25, 0.3) is 0 Å². The predicted octanol–water partition coefficient (Wildman–Crippen LogP) is 4.44. The molecular weight excluding hydrogens is 362 g/mol. The third kappa shape index (κ3) is 6.71. The average molecular weight is 396 g/mol. The lowest BCUT2D eigenvalue weighted by Crippen LogP contribution is -2.41. The van der Waals surface area contributed by atoms with Gasteiger partial charge in [-0.05, 0) is 61.1 Å².